The summed E-state index contributed by atoms with van der Waals surface area (Å²) in [5.74, 6) is 0.637. The first-order valence-electron chi connectivity index (χ1n) is 5.25. The van der Waals surface area contributed by atoms with Gasteiger partial charge in [-0.15, -0.1) is 0 Å². The van der Waals surface area contributed by atoms with Crippen LogP contribution in [0.5, 0.6) is 5.75 Å². The normalized spacial score (nSPS) is 11.3. The fourth-order valence-electron chi connectivity index (χ4n) is 1.30. The van der Waals surface area contributed by atoms with Crippen molar-refractivity contribution in [1.82, 2.24) is 0 Å². The minimum atomic E-state index is -0.528. The maximum Gasteiger partial charge on any atom is 0.138 e. The van der Waals surface area contributed by atoms with Crippen LogP contribution in [-0.4, -0.2) is 6.10 Å². The van der Waals surface area contributed by atoms with Gasteiger partial charge in [-0.1, -0.05) is 17.7 Å². The maximum absolute atomic E-state index is 9.07. The standard InChI is InChI=1S/C13H16ClNO/c1-9(2)16-12-7-10(5-6-11(12)14)13(3,4)8-15/h5-7,9H,1-4H3. The summed E-state index contributed by atoms with van der Waals surface area (Å²) in [6.45, 7) is 7.63. The van der Waals surface area contributed by atoms with Gasteiger partial charge < -0.3 is 4.74 Å². The first-order chi connectivity index (χ1) is 7.36. The van der Waals surface area contributed by atoms with Crippen LogP contribution in [0.4, 0.5) is 0 Å². The van der Waals surface area contributed by atoms with Gasteiger partial charge in [-0.05, 0) is 45.4 Å². The van der Waals surface area contributed by atoms with Gasteiger partial charge in [-0.2, -0.15) is 5.26 Å². The summed E-state index contributed by atoms with van der Waals surface area (Å²) in [4.78, 5) is 0. The topological polar surface area (TPSA) is 33.0 Å². The van der Waals surface area contributed by atoms with Gasteiger partial charge in [0.1, 0.15) is 5.75 Å². The molecule has 0 amide bonds. The fraction of sp³-hybridized carbons (Fsp3) is 0.462. The lowest BCUT2D eigenvalue weighted by atomic mass is 9.86. The zero-order valence-electron chi connectivity index (χ0n) is 10.0. The third-order valence-corrected chi connectivity index (χ3v) is 2.61. The summed E-state index contributed by atoms with van der Waals surface area (Å²) in [6.07, 6.45) is 0.0675. The van der Waals surface area contributed by atoms with E-state index >= 15 is 0 Å². The Morgan fingerprint density at radius 1 is 1.38 bits per heavy atom. The summed E-state index contributed by atoms with van der Waals surface area (Å²) in [5.41, 5.74) is 0.384. The van der Waals surface area contributed by atoms with Gasteiger partial charge in [0.25, 0.3) is 0 Å². The third-order valence-electron chi connectivity index (χ3n) is 2.30. The smallest absolute Gasteiger partial charge is 0.138 e. The van der Waals surface area contributed by atoms with Crippen LogP contribution in [-0.2, 0) is 5.41 Å². The van der Waals surface area contributed by atoms with Gasteiger partial charge >= 0.3 is 0 Å². The molecule has 0 aliphatic rings. The third kappa shape index (κ3) is 2.90. The van der Waals surface area contributed by atoms with Crippen molar-refractivity contribution in [1.29, 1.82) is 5.26 Å². The second-order valence-corrected chi connectivity index (χ2v) is 4.96. The molecule has 0 radical (unpaired) electrons. The van der Waals surface area contributed by atoms with E-state index in [-0.39, 0.29) is 6.10 Å². The van der Waals surface area contributed by atoms with Crippen LogP contribution in [0.3, 0.4) is 0 Å². The van der Waals surface area contributed by atoms with Crippen molar-refractivity contribution in [3.63, 3.8) is 0 Å². The minimum Gasteiger partial charge on any atom is -0.489 e. The molecule has 3 heteroatoms. The molecule has 0 N–H and O–H groups in total. The van der Waals surface area contributed by atoms with Gasteiger partial charge in [0.05, 0.1) is 22.6 Å². The van der Waals surface area contributed by atoms with Crippen molar-refractivity contribution in [2.45, 2.75) is 39.2 Å². The van der Waals surface area contributed by atoms with E-state index in [1.807, 2.05) is 39.8 Å². The number of nitrogens with zero attached hydrogens (tertiary/aromatic N) is 1. The van der Waals surface area contributed by atoms with Crippen molar-refractivity contribution < 1.29 is 4.74 Å². The van der Waals surface area contributed by atoms with E-state index in [1.54, 1.807) is 6.07 Å². The van der Waals surface area contributed by atoms with E-state index in [1.165, 1.54) is 0 Å². The van der Waals surface area contributed by atoms with Crippen LogP contribution in [0.25, 0.3) is 0 Å². The Labute approximate surface area is 102 Å². The first kappa shape index (κ1) is 12.9. The molecular weight excluding hydrogens is 222 g/mol. The predicted molar refractivity (Wildman–Crippen MR) is 65.9 cm³/mol. The summed E-state index contributed by atoms with van der Waals surface area (Å²) < 4.78 is 5.58. The molecule has 0 aromatic heterocycles. The monoisotopic (exact) mass is 237 g/mol. The van der Waals surface area contributed by atoms with Gasteiger partial charge in [-0.25, -0.2) is 0 Å². The largest absolute Gasteiger partial charge is 0.489 e. The van der Waals surface area contributed by atoms with Crippen LogP contribution in [0.15, 0.2) is 18.2 Å². The van der Waals surface area contributed by atoms with Gasteiger partial charge in [0.15, 0.2) is 0 Å². The molecule has 0 aliphatic heterocycles. The van der Waals surface area contributed by atoms with Crippen molar-refractivity contribution >= 4 is 11.6 Å². The van der Waals surface area contributed by atoms with E-state index in [0.717, 1.165) is 5.56 Å². The summed E-state index contributed by atoms with van der Waals surface area (Å²) in [7, 11) is 0. The lowest BCUT2D eigenvalue weighted by Crippen LogP contribution is -2.14. The molecule has 1 aromatic carbocycles. The van der Waals surface area contributed by atoms with Crippen molar-refractivity contribution in [3.8, 4) is 11.8 Å². The molecule has 16 heavy (non-hydrogen) atoms. The van der Waals surface area contributed by atoms with Crippen molar-refractivity contribution in [2.75, 3.05) is 0 Å². The molecule has 0 aliphatic carbocycles. The van der Waals surface area contributed by atoms with E-state index in [9.17, 15) is 0 Å². The highest BCUT2D eigenvalue weighted by Gasteiger charge is 2.21. The summed E-state index contributed by atoms with van der Waals surface area (Å²) in [5, 5.41) is 9.64. The zero-order chi connectivity index (χ0) is 12.3. The highest BCUT2D eigenvalue weighted by Crippen LogP contribution is 2.31. The molecule has 0 saturated carbocycles. The van der Waals surface area contributed by atoms with Crippen LogP contribution in [0, 0.1) is 11.3 Å². The second kappa shape index (κ2) is 4.76. The highest BCUT2D eigenvalue weighted by molar-refractivity contribution is 6.32. The molecule has 0 heterocycles. The second-order valence-electron chi connectivity index (χ2n) is 4.55. The summed E-state index contributed by atoms with van der Waals surface area (Å²) >= 11 is 6.03. The van der Waals surface area contributed by atoms with Crippen LogP contribution in [0.1, 0.15) is 33.3 Å². The van der Waals surface area contributed by atoms with Crippen molar-refractivity contribution in [2.24, 2.45) is 0 Å². The quantitative estimate of drug-likeness (QED) is 0.798. The highest BCUT2D eigenvalue weighted by atomic mass is 35.5. The molecule has 1 rings (SSSR count). The number of hydrogen-bond donors (Lipinski definition) is 0. The fourth-order valence-corrected chi connectivity index (χ4v) is 1.46. The molecule has 0 bridgehead atoms. The minimum absolute atomic E-state index is 0.0675. The number of hydrogen-bond acceptors (Lipinski definition) is 2. The van der Waals surface area contributed by atoms with Gasteiger partial charge in [-0.3, -0.25) is 0 Å². The predicted octanol–water partition coefficient (Wildman–Crippen LogP) is 3.93. The Morgan fingerprint density at radius 3 is 2.50 bits per heavy atom. The Bertz CT molecular complexity index is 418. The molecular formula is C13H16ClNO. The van der Waals surface area contributed by atoms with Crippen LogP contribution in [0.2, 0.25) is 5.02 Å². The average molecular weight is 238 g/mol. The summed E-state index contributed by atoms with van der Waals surface area (Å²) in [6, 6.07) is 7.73. The molecule has 0 fully saturated rings. The number of rotatable bonds is 3. The number of ether oxygens (including phenoxy) is 1. The van der Waals surface area contributed by atoms with Crippen molar-refractivity contribution in [3.05, 3.63) is 28.8 Å². The zero-order valence-corrected chi connectivity index (χ0v) is 10.8. The molecule has 0 spiro atoms. The average Bonchev–Trinajstić information content (AvgIpc) is 2.20. The molecule has 1 aromatic rings. The van der Waals surface area contributed by atoms with Gasteiger partial charge in [0, 0.05) is 0 Å². The number of nitriles is 1. The van der Waals surface area contributed by atoms with Crippen LogP contribution >= 0.6 is 11.6 Å². The number of halogens is 1. The molecule has 2 nitrogen and oxygen atoms in total. The van der Waals surface area contributed by atoms with Crippen LogP contribution < -0.4 is 4.74 Å². The van der Waals surface area contributed by atoms with E-state index in [0.29, 0.717) is 10.8 Å². The SMILES string of the molecule is CC(C)Oc1cc(C(C)(C)C#N)ccc1Cl. The maximum atomic E-state index is 9.07. The Balaban J connectivity index is 3.13. The van der Waals surface area contributed by atoms with E-state index < -0.39 is 5.41 Å². The Kier molecular flexibility index (Phi) is 3.83. The molecule has 0 atom stereocenters. The molecule has 0 saturated heterocycles. The lowest BCUT2D eigenvalue weighted by Gasteiger charge is -2.18. The molecule has 86 valence electrons. The molecule has 0 unspecified atom stereocenters. The lowest BCUT2D eigenvalue weighted by molar-refractivity contribution is 0.242. The first-order valence-corrected chi connectivity index (χ1v) is 5.62. The van der Waals surface area contributed by atoms with E-state index in [4.69, 9.17) is 21.6 Å². The Morgan fingerprint density at radius 2 is 2.00 bits per heavy atom. The Hall–Kier alpha value is -1.20. The van der Waals surface area contributed by atoms with E-state index in [2.05, 4.69) is 6.07 Å². The number of benzene rings is 1. The van der Waals surface area contributed by atoms with Gasteiger partial charge in [0.2, 0.25) is 0 Å².